The minimum Gasteiger partial charge on any atom is -0.504 e. The number of aliphatic hydroxyl groups is 10. The SMILES string of the molecule is COc1ccc(-c2oc3cc(OC4OC(COC(=O)C=Cc5ccc(O)c(O)c5)C(O)C(O)C4O)c(OC)c(O)c3c(=O)c2OC2OC(CO)C(O)C(O)C2OC2OC(CO)C(O)C(O)C2O)cc1. The van der Waals surface area contributed by atoms with Gasteiger partial charge in [-0.1, -0.05) is 6.07 Å². The van der Waals surface area contributed by atoms with Gasteiger partial charge in [0, 0.05) is 17.7 Å². The van der Waals surface area contributed by atoms with Crippen molar-refractivity contribution in [2.75, 3.05) is 34.0 Å². The van der Waals surface area contributed by atoms with Gasteiger partial charge in [0.2, 0.25) is 29.5 Å². The third-order valence-corrected chi connectivity index (χ3v) is 11.5. The van der Waals surface area contributed by atoms with Crippen molar-refractivity contribution in [2.24, 2.45) is 0 Å². The molecule has 0 aliphatic carbocycles. The van der Waals surface area contributed by atoms with Crippen LogP contribution in [0, 0.1) is 0 Å². The van der Waals surface area contributed by atoms with Crippen LogP contribution in [0.1, 0.15) is 5.56 Å². The molecule has 376 valence electrons. The van der Waals surface area contributed by atoms with Gasteiger partial charge in [-0.3, -0.25) is 4.79 Å². The molecule has 15 atom stereocenters. The smallest absolute Gasteiger partial charge is 0.330 e. The van der Waals surface area contributed by atoms with Crippen LogP contribution in [0.25, 0.3) is 28.4 Å². The van der Waals surface area contributed by atoms with E-state index in [-0.39, 0.29) is 11.3 Å². The average Bonchev–Trinajstić information content (AvgIpc) is 3.34. The summed E-state index contributed by atoms with van der Waals surface area (Å²) in [6, 6.07) is 10.6. The Morgan fingerprint density at radius 1 is 0.652 bits per heavy atom. The maximum absolute atomic E-state index is 14.7. The zero-order chi connectivity index (χ0) is 50.0. The lowest BCUT2D eigenvalue weighted by atomic mass is 9.97. The van der Waals surface area contributed by atoms with Crippen molar-refractivity contribution in [3.63, 3.8) is 0 Å². The maximum Gasteiger partial charge on any atom is 0.330 e. The number of benzene rings is 3. The summed E-state index contributed by atoms with van der Waals surface area (Å²) in [6.45, 7) is -2.48. The molecule has 7 rings (SSSR count). The van der Waals surface area contributed by atoms with E-state index in [1.165, 1.54) is 55.7 Å². The second-order valence-corrected chi connectivity index (χ2v) is 15.9. The highest BCUT2D eigenvalue weighted by Crippen LogP contribution is 2.46. The lowest BCUT2D eigenvalue weighted by Crippen LogP contribution is -2.65. The fourth-order valence-electron chi connectivity index (χ4n) is 7.65. The van der Waals surface area contributed by atoms with Gasteiger partial charge in [0.05, 0.1) is 27.4 Å². The zero-order valence-corrected chi connectivity index (χ0v) is 36.3. The molecule has 3 saturated heterocycles. The standard InChI is InChI=1S/C44H50O25/c1-60-18-7-5-17(6-8-18)38-40(68-44-41(35(57)29(51)24(14-46)66-44)69-43-37(59)33(55)28(50)23(13-45)65-43)32(54)27-21(63-38)12-22(39(61-2)31(27)53)64-42-36(58)34(56)30(52)25(67-42)15-62-26(49)10-4-16-3-9-19(47)20(48)11-16/h3-12,23-25,28-30,33-37,41-48,50-53,55-59H,13-15H2,1-2H3. The number of phenolic OH excluding ortho intramolecular Hbond substituents is 3. The largest absolute Gasteiger partial charge is 0.504 e. The van der Waals surface area contributed by atoms with Crippen LogP contribution >= 0.6 is 0 Å². The van der Waals surface area contributed by atoms with Crippen LogP contribution in [0.4, 0.5) is 0 Å². The van der Waals surface area contributed by atoms with E-state index < -0.39 is 169 Å². The number of ether oxygens (including phenoxy) is 9. The average molecular weight is 979 g/mol. The molecule has 15 unspecified atom stereocenters. The molecule has 0 spiro atoms. The summed E-state index contributed by atoms with van der Waals surface area (Å²) in [5.74, 6) is -4.63. The molecule has 25 heteroatoms. The molecule has 4 aromatic rings. The summed E-state index contributed by atoms with van der Waals surface area (Å²) in [6.07, 6.45) is -25.8. The number of aliphatic hydroxyl groups excluding tert-OH is 10. The molecular formula is C44H50O25. The highest BCUT2D eigenvalue weighted by atomic mass is 16.8. The third-order valence-electron chi connectivity index (χ3n) is 11.5. The van der Waals surface area contributed by atoms with Crippen LogP contribution in [0.5, 0.6) is 40.2 Å². The van der Waals surface area contributed by atoms with Gasteiger partial charge < -0.3 is 113 Å². The number of carbonyl (C=O) groups is 1. The summed E-state index contributed by atoms with van der Waals surface area (Å²) < 4.78 is 56.6. The van der Waals surface area contributed by atoms with Crippen LogP contribution in [-0.4, -0.2) is 199 Å². The zero-order valence-electron chi connectivity index (χ0n) is 36.3. The number of hydrogen-bond acceptors (Lipinski definition) is 25. The van der Waals surface area contributed by atoms with E-state index in [0.29, 0.717) is 11.3 Å². The first kappa shape index (κ1) is 51.0. The number of aromatic hydroxyl groups is 3. The molecule has 3 aliphatic heterocycles. The van der Waals surface area contributed by atoms with Gasteiger partial charge in [-0.25, -0.2) is 4.79 Å². The number of esters is 1. The van der Waals surface area contributed by atoms with E-state index in [1.54, 1.807) is 0 Å². The van der Waals surface area contributed by atoms with Crippen molar-refractivity contribution < 1.29 is 118 Å². The Hall–Kier alpha value is -5.88. The fourth-order valence-corrected chi connectivity index (χ4v) is 7.65. The van der Waals surface area contributed by atoms with E-state index >= 15 is 0 Å². The van der Waals surface area contributed by atoms with Crippen molar-refractivity contribution >= 4 is 23.0 Å². The Morgan fingerprint density at radius 2 is 1.26 bits per heavy atom. The second-order valence-electron chi connectivity index (χ2n) is 15.9. The van der Waals surface area contributed by atoms with Crippen molar-refractivity contribution in [3.05, 3.63) is 70.4 Å². The maximum atomic E-state index is 14.7. The molecular weight excluding hydrogens is 928 g/mol. The van der Waals surface area contributed by atoms with Crippen LogP contribution < -0.4 is 24.4 Å². The van der Waals surface area contributed by atoms with Gasteiger partial charge in [-0.15, -0.1) is 0 Å². The molecule has 13 N–H and O–H groups in total. The second kappa shape index (κ2) is 21.4. The first-order valence-electron chi connectivity index (χ1n) is 20.9. The molecule has 0 amide bonds. The normalized spacial score (nSPS) is 31.6. The van der Waals surface area contributed by atoms with Gasteiger partial charge in [0.25, 0.3) is 0 Å². The number of rotatable bonds is 15. The monoisotopic (exact) mass is 978 g/mol. The van der Waals surface area contributed by atoms with Crippen molar-refractivity contribution in [3.8, 4) is 51.6 Å². The van der Waals surface area contributed by atoms with Crippen LogP contribution in [0.2, 0.25) is 0 Å². The van der Waals surface area contributed by atoms with E-state index in [4.69, 9.17) is 47.0 Å². The number of fused-ring (bicyclic) bond motifs is 1. The van der Waals surface area contributed by atoms with Gasteiger partial charge >= 0.3 is 5.97 Å². The summed E-state index contributed by atoms with van der Waals surface area (Å²) in [7, 11) is 2.45. The van der Waals surface area contributed by atoms with Gasteiger partial charge in [0.15, 0.2) is 41.2 Å². The quantitative estimate of drug-likeness (QED) is 0.0321. The lowest BCUT2D eigenvalue weighted by Gasteiger charge is -2.45. The Kier molecular flexibility index (Phi) is 15.8. The minimum atomic E-state index is -2.05. The van der Waals surface area contributed by atoms with Crippen LogP contribution in [-0.2, 0) is 28.5 Å². The van der Waals surface area contributed by atoms with Gasteiger partial charge in [-0.2, -0.15) is 0 Å². The summed E-state index contributed by atoms with van der Waals surface area (Å²) in [5.41, 5.74) is -1.19. The highest BCUT2D eigenvalue weighted by Gasteiger charge is 2.52. The lowest BCUT2D eigenvalue weighted by molar-refractivity contribution is -0.358. The number of hydrogen-bond donors (Lipinski definition) is 13. The van der Waals surface area contributed by atoms with Crippen molar-refractivity contribution in [2.45, 2.75) is 92.1 Å². The predicted octanol–water partition coefficient (Wildman–Crippen LogP) is -2.96. The predicted molar refractivity (Wildman–Crippen MR) is 227 cm³/mol. The Bertz CT molecular complexity index is 2510. The molecule has 3 aromatic carbocycles. The summed E-state index contributed by atoms with van der Waals surface area (Å²) in [5, 5.41) is 136. The van der Waals surface area contributed by atoms with E-state index in [2.05, 4.69) is 0 Å². The Morgan fingerprint density at radius 3 is 1.88 bits per heavy atom. The molecule has 0 bridgehead atoms. The Labute approximate surface area is 388 Å². The van der Waals surface area contributed by atoms with E-state index in [1.807, 2.05) is 0 Å². The first-order valence-corrected chi connectivity index (χ1v) is 20.9. The fraction of sp³-hybridized carbons (Fsp3) is 0.455. The highest BCUT2D eigenvalue weighted by molar-refractivity contribution is 5.91. The molecule has 3 aliphatic rings. The first-order chi connectivity index (χ1) is 32.9. The van der Waals surface area contributed by atoms with Crippen LogP contribution in [0.15, 0.2) is 63.8 Å². The molecule has 0 radical (unpaired) electrons. The van der Waals surface area contributed by atoms with Gasteiger partial charge in [0.1, 0.15) is 90.5 Å². The molecule has 4 heterocycles. The van der Waals surface area contributed by atoms with E-state index in [9.17, 15) is 76.0 Å². The van der Waals surface area contributed by atoms with Crippen molar-refractivity contribution in [1.29, 1.82) is 0 Å². The number of methoxy groups -OCH3 is 2. The Balaban J connectivity index is 1.23. The van der Waals surface area contributed by atoms with E-state index in [0.717, 1.165) is 19.3 Å². The van der Waals surface area contributed by atoms with Gasteiger partial charge in [-0.05, 0) is 48.0 Å². The number of phenols is 3. The summed E-state index contributed by atoms with van der Waals surface area (Å²) >= 11 is 0. The number of carbonyl (C=O) groups excluding carboxylic acids is 1. The topological polar surface area (TPSA) is 393 Å². The molecule has 1 aromatic heterocycles. The van der Waals surface area contributed by atoms with Crippen molar-refractivity contribution in [1.82, 2.24) is 0 Å². The molecule has 0 saturated carbocycles. The third kappa shape index (κ3) is 10.4. The minimum absolute atomic E-state index is 0.0978. The molecule has 25 nitrogen and oxygen atoms in total. The van der Waals surface area contributed by atoms with Crippen LogP contribution in [0.3, 0.4) is 0 Å². The summed E-state index contributed by atoms with van der Waals surface area (Å²) in [4.78, 5) is 27.2. The molecule has 3 fully saturated rings. The molecule has 69 heavy (non-hydrogen) atoms.